The number of carboxylic acids is 1. The molecule has 0 amide bonds. The third-order valence-electron chi connectivity index (χ3n) is 2.98. The summed E-state index contributed by atoms with van der Waals surface area (Å²) in [5.41, 5.74) is 0.331. The maximum atomic E-state index is 10.2. The molecule has 20 heavy (non-hydrogen) atoms. The summed E-state index contributed by atoms with van der Waals surface area (Å²) in [4.78, 5) is 12.5. The summed E-state index contributed by atoms with van der Waals surface area (Å²) in [5.74, 6) is -0.879. The van der Waals surface area contributed by atoms with Crippen LogP contribution in [0, 0.1) is 0 Å². The van der Waals surface area contributed by atoms with Gasteiger partial charge in [0.1, 0.15) is 0 Å². The van der Waals surface area contributed by atoms with Crippen molar-refractivity contribution in [1.29, 1.82) is 0 Å². The molecule has 3 heteroatoms. The standard InChI is InChI=1S/C10H23N.C7H6O2/c1-4-5-6-7-8-9-10-11(2)3;8-7(9)6-4-2-1-3-5-6/h4-10H2,1-3H3;1-5H,(H,8,9). The van der Waals surface area contributed by atoms with Crippen molar-refractivity contribution in [2.24, 2.45) is 0 Å². The molecule has 0 spiro atoms. The Labute approximate surface area is 123 Å². The number of nitrogens with zero attached hydrogens (tertiary/aromatic N) is 1. The van der Waals surface area contributed by atoms with Crippen LogP contribution < -0.4 is 0 Å². The first kappa shape index (κ1) is 18.7. The van der Waals surface area contributed by atoms with Gasteiger partial charge in [-0.1, -0.05) is 57.2 Å². The van der Waals surface area contributed by atoms with Gasteiger partial charge in [0.05, 0.1) is 5.56 Å². The highest BCUT2D eigenvalue weighted by atomic mass is 16.4. The first-order valence-electron chi connectivity index (χ1n) is 7.51. The number of rotatable bonds is 8. The van der Waals surface area contributed by atoms with Crippen LogP contribution in [0.5, 0.6) is 0 Å². The van der Waals surface area contributed by atoms with Crippen molar-refractivity contribution in [3.63, 3.8) is 0 Å². The third-order valence-corrected chi connectivity index (χ3v) is 2.98. The number of aromatic carboxylic acids is 1. The summed E-state index contributed by atoms with van der Waals surface area (Å²) in [7, 11) is 4.29. The van der Waals surface area contributed by atoms with Crippen LogP contribution in [0.4, 0.5) is 0 Å². The quantitative estimate of drug-likeness (QED) is 0.721. The molecule has 1 N–H and O–H groups in total. The largest absolute Gasteiger partial charge is 0.478 e. The lowest BCUT2D eigenvalue weighted by Gasteiger charge is -2.08. The predicted molar refractivity (Wildman–Crippen MR) is 85.3 cm³/mol. The van der Waals surface area contributed by atoms with Crippen LogP contribution in [-0.2, 0) is 0 Å². The molecule has 1 aromatic carbocycles. The first-order valence-corrected chi connectivity index (χ1v) is 7.51. The van der Waals surface area contributed by atoms with Crippen LogP contribution in [0.15, 0.2) is 30.3 Å². The third kappa shape index (κ3) is 11.7. The van der Waals surface area contributed by atoms with Crippen molar-refractivity contribution in [3.8, 4) is 0 Å². The Bertz CT molecular complexity index is 336. The molecule has 0 radical (unpaired) electrons. The second kappa shape index (κ2) is 12.7. The number of hydrogen-bond donors (Lipinski definition) is 1. The highest BCUT2D eigenvalue weighted by Crippen LogP contribution is 2.04. The van der Waals surface area contributed by atoms with Crippen molar-refractivity contribution in [2.75, 3.05) is 20.6 Å². The summed E-state index contributed by atoms with van der Waals surface area (Å²) in [6.45, 7) is 3.52. The van der Waals surface area contributed by atoms with Gasteiger partial charge in [0.2, 0.25) is 0 Å². The Morgan fingerprint density at radius 3 is 2.00 bits per heavy atom. The first-order chi connectivity index (χ1) is 9.57. The molecule has 0 bridgehead atoms. The van der Waals surface area contributed by atoms with E-state index in [1.807, 2.05) is 0 Å². The fourth-order valence-electron chi connectivity index (χ4n) is 1.79. The van der Waals surface area contributed by atoms with Gasteiger partial charge in [0, 0.05) is 0 Å². The number of hydrogen-bond acceptors (Lipinski definition) is 2. The average Bonchev–Trinajstić information content (AvgIpc) is 2.44. The van der Waals surface area contributed by atoms with Gasteiger partial charge in [0.15, 0.2) is 0 Å². The summed E-state index contributed by atoms with van der Waals surface area (Å²) in [6.07, 6.45) is 8.43. The maximum Gasteiger partial charge on any atom is 0.335 e. The molecule has 0 fully saturated rings. The lowest BCUT2D eigenvalue weighted by atomic mass is 10.1. The Morgan fingerprint density at radius 2 is 1.55 bits per heavy atom. The van der Waals surface area contributed by atoms with Gasteiger partial charge in [-0.2, -0.15) is 0 Å². The molecule has 0 aliphatic heterocycles. The van der Waals surface area contributed by atoms with E-state index in [-0.39, 0.29) is 0 Å². The Morgan fingerprint density at radius 1 is 1.00 bits per heavy atom. The van der Waals surface area contributed by atoms with Crippen molar-refractivity contribution in [3.05, 3.63) is 35.9 Å². The van der Waals surface area contributed by atoms with Gasteiger partial charge in [-0.15, -0.1) is 0 Å². The Hall–Kier alpha value is -1.35. The fraction of sp³-hybridized carbons (Fsp3) is 0.588. The zero-order valence-corrected chi connectivity index (χ0v) is 13.1. The van der Waals surface area contributed by atoms with E-state index < -0.39 is 5.97 Å². The van der Waals surface area contributed by atoms with Crippen LogP contribution in [0.25, 0.3) is 0 Å². The van der Waals surface area contributed by atoms with Gasteiger partial charge >= 0.3 is 5.97 Å². The monoisotopic (exact) mass is 279 g/mol. The number of benzene rings is 1. The van der Waals surface area contributed by atoms with Crippen LogP contribution in [0.2, 0.25) is 0 Å². The molecule has 0 saturated carbocycles. The molecule has 0 unspecified atom stereocenters. The van der Waals surface area contributed by atoms with E-state index >= 15 is 0 Å². The summed E-state index contributed by atoms with van der Waals surface area (Å²) >= 11 is 0. The van der Waals surface area contributed by atoms with Crippen molar-refractivity contribution >= 4 is 5.97 Å². The van der Waals surface area contributed by atoms with Crippen molar-refractivity contribution < 1.29 is 9.90 Å². The van der Waals surface area contributed by atoms with E-state index in [2.05, 4.69) is 25.9 Å². The molecular weight excluding hydrogens is 250 g/mol. The average molecular weight is 279 g/mol. The Kier molecular flexibility index (Phi) is 11.8. The topological polar surface area (TPSA) is 40.5 Å². The summed E-state index contributed by atoms with van der Waals surface area (Å²) in [5, 5.41) is 8.38. The van der Waals surface area contributed by atoms with E-state index in [9.17, 15) is 4.79 Å². The molecule has 3 nitrogen and oxygen atoms in total. The minimum Gasteiger partial charge on any atom is -0.478 e. The van der Waals surface area contributed by atoms with E-state index in [0.29, 0.717) is 5.56 Å². The summed E-state index contributed by atoms with van der Waals surface area (Å²) < 4.78 is 0. The smallest absolute Gasteiger partial charge is 0.335 e. The molecule has 0 aliphatic rings. The highest BCUT2D eigenvalue weighted by molar-refractivity contribution is 5.87. The lowest BCUT2D eigenvalue weighted by molar-refractivity contribution is 0.0697. The normalized spacial score (nSPS) is 10.0. The minimum atomic E-state index is -0.879. The lowest BCUT2D eigenvalue weighted by Crippen LogP contribution is -2.12. The Balaban J connectivity index is 0.000000367. The molecule has 0 aliphatic carbocycles. The van der Waals surface area contributed by atoms with Gasteiger partial charge in [-0.25, -0.2) is 4.79 Å². The van der Waals surface area contributed by atoms with Gasteiger partial charge in [0.25, 0.3) is 0 Å². The van der Waals surface area contributed by atoms with E-state index in [0.717, 1.165) is 0 Å². The number of carbonyl (C=O) groups is 1. The molecule has 0 atom stereocenters. The van der Waals surface area contributed by atoms with Crippen LogP contribution in [-0.4, -0.2) is 36.6 Å². The van der Waals surface area contributed by atoms with Crippen LogP contribution in [0.3, 0.4) is 0 Å². The molecule has 0 heterocycles. The fourth-order valence-corrected chi connectivity index (χ4v) is 1.79. The zero-order chi connectivity index (χ0) is 15.2. The van der Waals surface area contributed by atoms with Crippen molar-refractivity contribution in [1.82, 2.24) is 4.90 Å². The molecule has 114 valence electrons. The van der Waals surface area contributed by atoms with Crippen molar-refractivity contribution in [2.45, 2.75) is 45.4 Å². The molecule has 0 aromatic heterocycles. The number of unbranched alkanes of at least 4 members (excludes halogenated alkanes) is 5. The van der Waals surface area contributed by atoms with E-state index in [1.165, 1.54) is 45.1 Å². The SMILES string of the molecule is CCCCCCCCN(C)C.O=C(O)c1ccccc1. The number of carboxylic acid groups (broad SMARTS) is 1. The molecule has 0 saturated heterocycles. The second-order valence-electron chi connectivity index (χ2n) is 5.24. The summed E-state index contributed by atoms with van der Waals surface area (Å²) in [6, 6.07) is 8.30. The van der Waals surface area contributed by atoms with Crippen LogP contribution >= 0.6 is 0 Å². The predicted octanol–water partition coefficient (Wildman–Crippen LogP) is 4.29. The van der Waals surface area contributed by atoms with Gasteiger partial charge in [-0.3, -0.25) is 0 Å². The molecule has 1 rings (SSSR count). The highest BCUT2D eigenvalue weighted by Gasteiger charge is 1.96. The molecular formula is C17H29NO2. The van der Waals surface area contributed by atoms with Gasteiger partial charge < -0.3 is 10.0 Å². The van der Waals surface area contributed by atoms with E-state index in [1.54, 1.807) is 30.3 Å². The minimum absolute atomic E-state index is 0.331. The van der Waals surface area contributed by atoms with Crippen LogP contribution in [0.1, 0.15) is 55.8 Å². The van der Waals surface area contributed by atoms with Gasteiger partial charge in [-0.05, 0) is 39.2 Å². The van der Waals surface area contributed by atoms with E-state index in [4.69, 9.17) is 5.11 Å². The zero-order valence-electron chi connectivity index (χ0n) is 13.1. The molecule has 1 aromatic rings. The maximum absolute atomic E-state index is 10.2. The second-order valence-corrected chi connectivity index (χ2v) is 5.24.